The number of ether oxygens (including phenoxy) is 2. The molecule has 2 amide bonds. The number of halogens is 2. The van der Waals surface area contributed by atoms with Gasteiger partial charge >= 0.3 is 0 Å². The lowest BCUT2D eigenvalue weighted by atomic mass is 9.85. The van der Waals surface area contributed by atoms with E-state index in [-0.39, 0.29) is 23.3 Å². The van der Waals surface area contributed by atoms with Gasteiger partial charge in [-0.15, -0.1) is 11.3 Å². The fraction of sp³-hybridized carbons (Fsp3) is 0.500. The molecule has 2 aromatic rings. The van der Waals surface area contributed by atoms with E-state index < -0.39 is 5.79 Å². The second-order valence-corrected chi connectivity index (χ2v) is 12.6. The molecule has 1 unspecified atom stereocenters. The molecule has 1 saturated heterocycles. The summed E-state index contributed by atoms with van der Waals surface area (Å²) in [5, 5.41) is 10.5. The molecule has 0 radical (unpaired) electrons. The zero-order chi connectivity index (χ0) is 24.7. The number of fused-ring (bicyclic) bond motifs is 1. The topological polar surface area (TPSA) is 88.7 Å². The zero-order valence-corrected chi connectivity index (χ0v) is 23.4. The lowest BCUT2D eigenvalue weighted by molar-refractivity contribution is -0.138. The first-order valence-electron chi connectivity index (χ1n) is 11.2. The molecule has 2 aliphatic rings. The summed E-state index contributed by atoms with van der Waals surface area (Å²) in [6, 6.07) is 5.66. The number of hydrogen-bond donors (Lipinski definition) is 3. The minimum absolute atomic E-state index is 0.0669. The molecule has 0 spiro atoms. The Hall–Kier alpha value is -1.40. The lowest BCUT2D eigenvalue weighted by Crippen LogP contribution is -2.32. The Morgan fingerprint density at radius 2 is 2.09 bits per heavy atom. The van der Waals surface area contributed by atoms with Crippen LogP contribution in [0.5, 0.6) is 0 Å². The first kappa shape index (κ1) is 25.7. The van der Waals surface area contributed by atoms with Crippen LogP contribution in [0.25, 0.3) is 0 Å². The third-order valence-corrected chi connectivity index (χ3v) is 7.95. The molecule has 4 rings (SSSR count). The lowest BCUT2D eigenvalue weighted by Gasteiger charge is -2.22. The molecule has 34 heavy (non-hydrogen) atoms. The minimum atomic E-state index is -0.595. The molecular formula is C24H29ClIN3O4S. The van der Waals surface area contributed by atoms with E-state index in [1.165, 1.54) is 11.3 Å². The Kier molecular flexibility index (Phi) is 7.50. The van der Waals surface area contributed by atoms with Gasteiger partial charge in [-0.3, -0.25) is 9.59 Å². The van der Waals surface area contributed by atoms with Crippen molar-refractivity contribution in [3.8, 4) is 0 Å². The zero-order valence-electron chi connectivity index (χ0n) is 19.6. The van der Waals surface area contributed by atoms with Crippen LogP contribution in [0.15, 0.2) is 18.2 Å². The van der Waals surface area contributed by atoms with Crippen molar-refractivity contribution in [2.24, 2.45) is 5.41 Å². The number of rotatable bonds is 6. The number of amides is 2. The van der Waals surface area contributed by atoms with E-state index >= 15 is 0 Å². The number of carbonyl (C=O) groups is 2. The van der Waals surface area contributed by atoms with Gasteiger partial charge in [0.1, 0.15) is 5.00 Å². The van der Waals surface area contributed by atoms with E-state index in [2.05, 4.69) is 52.4 Å². The number of benzene rings is 1. The molecule has 3 heterocycles. The van der Waals surface area contributed by atoms with Gasteiger partial charge in [-0.1, -0.05) is 25.4 Å². The van der Waals surface area contributed by atoms with E-state index in [0.29, 0.717) is 58.7 Å². The Morgan fingerprint density at radius 1 is 1.32 bits per heavy atom. The van der Waals surface area contributed by atoms with Gasteiger partial charge in [0.2, 0.25) is 0 Å². The molecule has 7 nitrogen and oxygen atoms in total. The number of thiophene rings is 1. The van der Waals surface area contributed by atoms with E-state index in [9.17, 15) is 9.59 Å². The van der Waals surface area contributed by atoms with Crippen molar-refractivity contribution in [1.82, 2.24) is 10.6 Å². The Morgan fingerprint density at radius 3 is 2.76 bits per heavy atom. The second kappa shape index (κ2) is 9.93. The number of anilines is 2. The minimum Gasteiger partial charge on any atom is -0.352 e. The van der Waals surface area contributed by atoms with Crippen molar-refractivity contribution < 1.29 is 19.1 Å². The first-order chi connectivity index (χ1) is 15.9. The van der Waals surface area contributed by atoms with E-state index in [0.717, 1.165) is 9.13 Å². The van der Waals surface area contributed by atoms with Crippen LogP contribution in [-0.4, -0.2) is 43.4 Å². The summed E-state index contributed by atoms with van der Waals surface area (Å²) < 4.78 is 12.5. The first-order valence-corrected chi connectivity index (χ1v) is 13.5. The average Bonchev–Trinajstić information content (AvgIpc) is 3.24. The van der Waals surface area contributed by atoms with Crippen molar-refractivity contribution >= 4 is 68.0 Å². The van der Waals surface area contributed by atoms with Crippen LogP contribution in [-0.2, 0) is 15.9 Å². The van der Waals surface area contributed by atoms with Gasteiger partial charge in [0.25, 0.3) is 11.8 Å². The monoisotopic (exact) mass is 617 g/mol. The second-order valence-electron chi connectivity index (χ2n) is 9.88. The quantitative estimate of drug-likeness (QED) is 0.382. The molecule has 0 bridgehead atoms. The van der Waals surface area contributed by atoms with Crippen LogP contribution in [0.3, 0.4) is 0 Å². The third kappa shape index (κ3) is 5.87. The molecule has 1 aromatic heterocycles. The highest BCUT2D eigenvalue weighted by molar-refractivity contribution is 14.1. The van der Waals surface area contributed by atoms with Crippen LogP contribution >= 0.6 is 45.5 Å². The largest absolute Gasteiger partial charge is 0.352 e. The fourth-order valence-corrected chi connectivity index (χ4v) is 6.19. The van der Waals surface area contributed by atoms with Gasteiger partial charge in [-0.25, -0.2) is 0 Å². The third-order valence-electron chi connectivity index (χ3n) is 5.82. The summed E-state index contributed by atoms with van der Waals surface area (Å²) in [5.41, 5.74) is 1.78. The normalized spacial score (nSPS) is 20.9. The van der Waals surface area contributed by atoms with E-state index in [4.69, 9.17) is 21.1 Å². The molecule has 10 heteroatoms. The maximum atomic E-state index is 13.5. The summed E-state index contributed by atoms with van der Waals surface area (Å²) in [6.07, 6.45) is 1.18. The highest BCUT2D eigenvalue weighted by atomic mass is 127. The van der Waals surface area contributed by atoms with Crippen molar-refractivity contribution in [2.75, 3.05) is 25.0 Å². The van der Waals surface area contributed by atoms with Gasteiger partial charge in [0, 0.05) is 16.7 Å². The molecule has 3 N–H and O–H groups in total. The molecule has 0 saturated carbocycles. The molecule has 0 aliphatic carbocycles. The molecule has 1 aromatic carbocycles. The van der Waals surface area contributed by atoms with E-state index in [1.807, 2.05) is 32.0 Å². The molecule has 1 atom stereocenters. The number of nitrogens with one attached hydrogen (secondary N) is 3. The predicted molar refractivity (Wildman–Crippen MR) is 143 cm³/mol. The highest BCUT2D eigenvalue weighted by Gasteiger charge is 2.35. The summed E-state index contributed by atoms with van der Waals surface area (Å²) in [7, 11) is 0. The summed E-state index contributed by atoms with van der Waals surface area (Å²) in [4.78, 5) is 26.9. The van der Waals surface area contributed by atoms with Crippen molar-refractivity contribution in [1.29, 1.82) is 0 Å². The number of carbonyl (C=O) groups excluding carboxylic acids is 2. The van der Waals surface area contributed by atoms with E-state index in [1.54, 1.807) is 0 Å². The maximum absolute atomic E-state index is 13.5. The Balaban J connectivity index is 1.61. The van der Waals surface area contributed by atoms with Crippen molar-refractivity contribution in [3.63, 3.8) is 0 Å². The summed E-state index contributed by atoms with van der Waals surface area (Å²) >= 11 is 9.94. The van der Waals surface area contributed by atoms with Crippen LogP contribution in [0, 0.1) is 8.99 Å². The van der Waals surface area contributed by atoms with Gasteiger partial charge in [-0.05, 0) is 78.5 Å². The average molecular weight is 618 g/mol. The van der Waals surface area contributed by atoms with Crippen LogP contribution in [0.4, 0.5) is 10.7 Å². The van der Waals surface area contributed by atoms with Crippen LogP contribution in [0.2, 0.25) is 5.02 Å². The maximum Gasteiger partial charge on any atom is 0.261 e. The van der Waals surface area contributed by atoms with Crippen LogP contribution in [0.1, 0.15) is 59.7 Å². The van der Waals surface area contributed by atoms with Crippen molar-refractivity contribution in [3.05, 3.63) is 42.8 Å². The summed E-state index contributed by atoms with van der Waals surface area (Å²) in [6.45, 7) is 9.43. The van der Waals surface area contributed by atoms with Gasteiger partial charge in [0.15, 0.2) is 5.79 Å². The molecule has 2 aliphatic heterocycles. The van der Waals surface area contributed by atoms with Gasteiger partial charge < -0.3 is 25.4 Å². The fourth-order valence-electron chi connectivity index (χ4n) is 4.14. The number of hydrogen-bond acceptors (Lipinski definition) is 6. The smallest absolute Gasteiger partial charge is 0.261 e. The van der Waals surface area contributed by atoms with Crippen LogP contribution < -0.4 is 16.0 Å². The molecule has 1 fully saturated rings. The Bertz CT molecular complexity index is 1120. The standard InChI is InChI=1S/C24H29ClIN3O4S/c1-23(2)10-15-18(20(30)27-8-7-14-11-32-24(3,4)33-14)22(34-19(15)21(31)28-12-23)29-17-6-5-13(26)9-16(17)25/h5-6,9,14,29H,7-8,10-12H2,1-4H3,(H,27,30)(H,28,31). The molecule has 184 valence electrons. The Labute approximate surface area is 222 Å². The molecular weight excluding hydrogens is 589 g/mol. The SMILES string of the molecule is CC1(C)CNC(=O)c2sc(Nc3ccc(I)cc3Cl)c(C(=O)NCCC3COC(C)(C)O3)c2C1. The highest BCUT2D eigenvalue weighted by Crippen LogP contribution is 2.41. The van der Waals surface area contributed by atoms with Gasteiger partial charge in [0.05, 0.1) is 33.9 Å². The van der Waals surface area contributed by atoms with Gasteiger partial charge in [-0.2, -0.15) is 0 Å². The summed E-state index contributed by atoms with van der Waals surface area (Å²) in [5.74, 6) is -0.965. The van der Waals surface area contributed by atoms with Crippen molar-refractivity contribution in [2.45, 2.75) is 52.4 Å². The predicted octanol–water partition coefficient (Wildman–Crippen LogP) is 5.33.